The number of aromatic nitrogens is 1. The van der Waals surface area contributed by atoms with Gasteiger partial charge in [-0.3, -0.25) is 24.0 Å². The Morgan fingerprint density at radius 1 is 0.950 bits per heavy atom. The summed E-state index contributed by atoms with van der Waals surface area (Å²) in [5.41, 5.74) is 12.3. The van der Waals surface area contributed by atoms with E-state index in [1.54, 1.807) is 32.2 Å². The lowest BCUT2D eigenvalue weighted by atomic mass is 9.97. The lowest BCUT2D eigenvalue weighted by Gasteiger charge is -2.27. The highest BCUT2D eigenvalue weighted by Crippen LogP contribution is 2.19. The molecule has 218 valence electrons. The zero-order valence-electron chi connectivity index (χ0n) is 22.3. The van der Waals surface area contributed by atoms with Crippen molar-refractivity contribution in [2.75, 3.05) is 0 Å². The van der Waals surface area contributed by atoms with Gasteiger partial charge >= 0.3 is 11.9 Å². The number of fused-ring (bicyclic) bond motifs is 1. The van der Waals surface area contributed by atoms with Gasteiger partial charge < -0.3 is 42.6 Å². The number of aliphatic carboxylic acids is 2. The Balaban J connectivity index is 2.18. The van der Waals surface area contributed by atoms with Crippen molar-refractivity contribution in [2.45, 2.75) is 70.1 Å². The maximum Gasteiger partial charge on any atom is 0.326 e. The Kier molecular flexibility index (Phi) is 11.6. The minimum atomic E-state index is -1.64. The molecule has 1 heterocycles. The Hall–Kier alpha value is -4.46. The molecule has 0 aliphatic carbocycles. The van der Waals surface area contributed by atoms with Gasteiger partial charge in [0, 0.05) is 29.9 Å². The minimum absolute atomic E-state index is 0.0485. The summed E-state index contributed by atoms with van der Waals surface area (Å²) in [7, 11) is 0. The third-order valence-electron chi connectivity index (χ3n) is 6.56. The zero-order chi connectivity index (χ0) is 30.0. The standard InChI is InChI=1S/C26H36N6O8/c1-3-13(2)22(32-23(36)16(27)8-9-20(28)33)25(38)30-18(11-21(34)35)24(37)31-19(26(39)40)10-14-12-29-17-7-5-4-6-15(14)17/h4-7,12-13,16,18-19,22,29H,3,8-11,27H2,1-2H3,(H2,28,33)(H,30,38)(H,31,37)(H,32,36)(H,34,35)(H,39,40). The third kappa shape index (κ3) is 9.08. The molecule has 0 aliphatic rings. The van der Waals surface area contributed by atoms with Crippen LogP contribution in [0.25, 0.3) is 10.9 Å². The number of aromatic amines is 1. The van der Waals surface area contributed by atoms with E-state index in [9.17, 15) is 39.0 Å². The number of benzene rings is 1. The average molecular weight is 561 g/mol. The normalized spacial score (nSPS) is 14.8. The van der Waals surface area contributed by atoms with Crippen molar-refractivity contribution < 1.29 is 39.0 Å². The third-order valence-corrected chi connectivity index (χ3v) is 6.56. The van der Waals surface area contributed by atoms with Gasteiger partial charge in [-0.05, 0) is 24.0 Å². The van der Waals surface area contributed by atoms with E-state index in [0.29, 0.717) is 12.0 Å². The summed E-state index contributed by atoms with van der Waals surface area (Å²) < 4.78 is 0. The maximum absolute atomic E-state index is 13.2. The van der Waals surface area contributed by atoms with Crippen molar-refractivity contribution in [3.63, 3.8) is 0 Å². The van der Waals surface area contributed by atoms with E-state index in [4.69, 9.17) is 11.5 Å². The lowest BCUT2D eigenvalue weighted by Crippen LogP contribution is -2.59. The Morgan fingerprint density at radius 2 is 1.60 bits per heavy atom. The monoisotopic (exact) mass is 560 g/mol. The fourth-order valence-electron chi connectivity index (χ4n) is 4.03. The summed E-state index contributed by atoms with van der Waals surface area (Å²) >= 11 is 0. The second-order valence-electron chi connectivity index (χ2n) is 9.61. The first-order valence-electron chi connectivity index (χ1n) is 12.8. The minimum Gasteiger partial charge on any atom is -0.481 e. The van der Waals surface area contributed by atoms with E-state index in [1.807, 2.05) is 12.1 Å². The molecule has 0 radical (unpaired) electrons. The van der Waals surface area contributed by atoms with Gasteiger partial charge in [-0.2, -0.15) is 0 Å². The van der Waals surface area contributed by atoms with Crippen LogP contribution < -0.4 is 27.4 Å². The number of primary amides is 1. The molecular formula is C26H36N6O8. The Morgan fingerprint density at radius 3 is 2.20 bits per heavy atom. The number of nitrogens with one attached hydrogen (secondary N) is 4. The molecular weight excluding hydrogens is 524 g/mol. The summed E-state index contributed by atoms with van der Waals surface area (Å²) in [5, 5.41) is 27.0. The van der Waals surface area contributed by atoms with Crippen LogP contribution in [-0.4, -0.2) is 74.9 Å². The number of amides is 4. The van der Waals surface area contributed by atoms with Crippen molar-refractivity contribution in [2.24, 2.45) is 17.4 Å². The summed E-state index contributed by atoms with van der Waals surface area (Å²) in [6.45, 7) is 3.42. The molecule has 0 saturated carbocycles. The van der Waals surface area contributed by atoms with Crippen molar-refractivity contribution in [1.82, 2.24) is 20.9 Å². The second-order valence-corrected chi connectivity index (χ2v) is 9.61. The smallest absolute Gasteiger partial charge is 0.326 e. The van der Waals surface area contributed by atoms with Crippen LogP contribution in [0.15, 0.2) is 30.5 Å². The van der Waals surface area contributed by atoms with E-state index in [-0.39, 0.29) is 19.3 Å². The van der Waals surface area contributed by atoms with Crippen LogP contribution in [0.2, 0.25) is 0 Å². The highest BCUT2D eigenvalue weighted by molar-refractivity contribution is 5.96. The number of carbonyl (C=O) groups is 6. The Labute approximate surface area is 230 Å². The van der Waals surface area contributed by atoms with Crippen LogP contribution in [0.5, 0.6) is 0 Å². The van der Waals surface area contributed by atoms with Crippen molar-refractivity contribution in [3.8, 4) is 0 Å². The van der Waals surface area contributed by atoms with E-state index >= 15 is 0 Å². The van der Waals surface area contributed by atoms with Gasteiger partial charge in [-0.1, -0.05) is 38.5 Å². The van der Waals surface area contributed by atoms with Crippen molar-refractivity contribution >= 4 is 46.5 Å². The SMILES string of the molecule is CCC(C)C(NC(=O)C(N)CCC(N)=O)C(=O)NC(CC(=O)O)C(=O)NC(Cc1c[nH]c2ccccc12)C(=O)O. The number of carboxylic acid groups (broad SMARTS) is 2. The summed E-state index contributed by atoms with van der Waals surface area (Å²) in [6, 6.07) is 1.80. The molecule has 0 bridgehead atoms. The molecule has 0 aliphatic heterocycles. The molecule has 5 unspecified atom stereocenters. The largest absolute Gasteiger partial charge is 0.481 e. The number of hydrogen-bond acceptors (Lipinski definition) is 7. The van der Waals surface area contributed by atoms with E-state index in [2.05, 4.69) is 20.9 Å². The maximum atomic E-state index is 13.2. The number of nitrogens with two attached hydrogens (primary N) is 2. The van der Waals surface area contributed by atoms with Gasteiger partial charge in [0.25, 0.3) is 0 Å². The fraction of sp³-hybridized carbons (Fsp3) is 0.462. The second kappa shape index (κ2) is 14.6. The number of carboxylic acids is 2. The van der Waals surface area contributed by atoms with E-state index in [1.165, 1.54) is 0 Å². The lowest BCUT2D eigenvalue weighted by molar-refractivity contribution is -0.143. The molecule has 0 fully saturated rings. The molecule has 1 aromatic carbocycles. The van der Waals surface area contributed by atoms with Crippen LogP contribution >= 0.6 is 0 Å². The van der Waals surface area contributed by atoms with Crippen molar-refractivity contribution in [3.05, 3.63) is 36.0 Å². The van der Waals surface area contributed by atoms with Gasteiger partial charge in [0.2, 0.25) is 23.6 Å². The molecule has 2 aromatic rings. The quantitative estimate of drug-likeness (QED) is 0.130. The number of hydrogen-bond donors (Lipinski definition) is 8. The van der Waals surface area contributed by atoms with Crippen molar-refractivity contribution in [1.29, 1.82) is 0 Å². The van der Waals surface area contributed by atoms with E-state index < -0.39 is 72.1 Å². The van der Waals surface area contributed by atoms with Crippen LogP contribution in [0.3, 0.4) is 0 Å². The molecule has 4 amide bonds. The van der Waals surface area contributed by atoms with Crippen LogP contribution in [0.4, 0.5) is 0 Å². The summed E-state index contributed by atoms with van der Waals surface area (Å²) in [6.07, 6.45) is 0.920. The average Bonchev–Trinajstić information content (AvgIpc) is 3.31. The van der Waals surface area contributed by atoms with Crippen LogP contribution in [-0.2, 0) is 35.2 Å². The zero-order valence-corrected chi connectivity index (χ0v) is 22.3. The van der Waals surface area contributed by atoms with Gasteiger partial charge in [-0.25, -0.2) is 4.79 Å². The predicted octanol–water partition coefficient (Wildman–Crippen LogP) is -0.637. The van der Waals surface area contributed by atoms with Gasteiger partial charge in [0.05, 0.1) is 12.5 Å². The van der Waals surface area contributed by atoms with Gasteiger partial charge in [-0.15, -0.1) is 0 Å². The molecule has 2 rings (SSSR count). The summed E-state index contributed by atoms with van der Waals surface area (Å²) in [4.78, 5) is 76.2. The molecule has 1 aromatic heterocycles. The topological polar surface area (TPSA) is 247 Å². The first-order valence-corrected chi connectivity index (χ1v) is 12.8. The predicted molar refractivity (Wildman–Crippen MR) is 144 cm³/mol. The van der Waals surface area contributed by atoms with Gasteiger partial charge in [0.1, 0.15) is 18.1 Å². The molecule has 5 atom stereocenters. The van der Waals surface area contributed by atoms with Gasteiger partial charge in [0.15, 0.2) is 0 Å². The van der Waals surface area contributed by atoms with Crippen LogP contribution in [0.1, 0.15) is 45.1 Å². The molecule has 14 heteroatoms. The summed E-state index contributed by atoms with van der Waals surface area (Å²) in [5.74, 6) is -6.47. The number of para-hydroxylation sites is 1. The first kappa shape index (κ1) is 31.8. The number of H-pyrrole nitrogens is 1. The Bertz CT molecular complexity index is 1240. The fourth-order valence-corrected chi connectivity index (χ4v) is 4.03. The first-order chi connectivity index (χ1) is 18.8. The molecule has 10 N–H and O–H groups in total. The molecule has 14 nitrogen and oxygen atoms in total. The molecule has 0 saturated heterocycles. The molecule has 0 spiro atoms. The number of rotatable bonds is 16. The number of carbonyl (C=O) groups excluding carboxylic acids is 4. The highest BCUT2D eigenvalue weighted by atomic mass is 16.4. The molecule has 40 heavy (non-hydrogen) atoms. The van der Waals surface area contributed by atoms with E-state index in [0.717, 1.165) is 10.9 Å². The highest BCUT2D eigenvalue weighted by Gasteiger charge is 2.33. The van der Waals surface area contributed by atoms with Crippen LogP contribution in [0, 0.1) is 5.92 Å².